The molecule has 0 aliphatic carbocycles. The standard InChI is InChI=1S/C26H37N9O5/c27-18(12-16-6-2-1-3-7-16)24(38)35-11-5-9-21(35)23(37)33-19(8-4-10-31-26(28)29)22(36)34-20(25(39)40)13-17-14-30-15-32-17/h1-3,6-7,14-15,18-21H,4-5,8-13,27H2,(H,30,32)(H,33,37)(H,34,36)(H,39,40)(H4,28,29,31). The monoisotopic (exact) mass is 555 g/mol. The third kappa shape index (κ3) is 8.80. The summed E-state index contributed by atoms with van der Waals surface area (Å²) in [7, 11) is 0. The smallest absolute Gasteiger partial charge is 0.326 e. The molecule has 1 fully saturated rings. The van der Waals surface area contributed by atoms with Crippen molar-refractivity contribution in [1.82, 2.24) is 25.5 Å². The number of carboxylic acid groups (broad SMARTS) is 1. The van der Waals surface area contributed by atoms with E-state index in [-0.39, 0.29) is 31.3 Å². The molecule has 40 heavy (non-hydrogen) atoms. The van der Waals surface area contributed by atoms with Gasteiger partial charge in [0.05, 0.1) is 12.4 Å². The minimum atomic E-state index is -1.26. The molecule has 4 atom stereocenters. The second-order valence-corrected chi connectivity index (χ2v) is 9.68. The fraction of sp³-hybridized carbons (Fsp3) is 0.462. The van der Waals surface area contributed by atoms with Crippen LogP contribution in [0.5, 0.6) is 0 Å². The number of carbonyl (C=O) groups is 4. The van der Waals surface area contributed by atoms with Gasteiger partial charge in [-0.25, -0.2) is 9.78 Å². The van der Waals surface area contributed by atoms with E-state index in [0.717, 1.165) is 5.56 Å². The van der Waals surface area contributed by atoms with Gasteiger partial charge >= 0.3 is 5.97 Å². The molecule has 14 nitrogen and oxygen atoms in total. The first-order valence-corrected chi connectivity index (χ1v) is 13.1. The Labute approximate surface area is 231 Å². The van der Waals surface area contributed by atoms with Gasteiger partial charge in [-0.1, -0.05) is 30.3 Å². The van der Waals surface area contributed by atoms with Gasteiger partial charge in [0, 0.05) is 31.4 Å². The molecule has 10 N–H and O–H groups in total. The van der Waals surface area contributed by atoms with Gasteiger partial charge in [-0.2, -0.15) is 0 Å². The van der Waals surface area contributed by atoms with Gasteiger partial charge in [0.25, 0.3) is 0 Å². The molecule has 1 aromatic heterocycles. The van der Waals surface area contributed by atoms with E-state index in [4.69, 9.17) is 17.2 Å². The van der Waals surface area contributed by atoms with E-state index in [1.165, 1.54) is 17.4 Å². The number of aromatic amines is 1. The fourth-order valence-electron chi connectivity index (χ4n) is 4.60. The number of benzene rings is 1. The van der Waals surface area contributed by atoms with Crippen LogP contribution in [0.4, 0.5) is 0 Å². The van der Waals surface area contributed by atoms with Crippen molar-refractivity contribution < 1.29 is 24.3 Å². The van der Waals surface area contributed by atoms with Gasteiger partial charge in [-0.05, 0) is 37.7 Å². The van der Waals surface area contributed by atoms with E-state index in [0.29, 0.717) is 37.9 Å². The second kappa shape index (κ2) is 14.6. The van der Waals surface area contributed by atoms with Crippen molar-refractivity contribution in [3.63, 3.8) is 0 Å². The summed E-state index contributed by atoms with van der Waals surface area (Å²) < 4.78 is 0. The largest absolute Gasteiger partial charge is 0.480 e. The molecule has 1 aromatic carbocycles. The van der Waals surface area contributed by atoms with Crippen LogP contribution in [0, 0.1) is 0 Å². The number of aliphatic carboxylic acids is 1. The van der Waals surface area contributed by atoms with Crippen molar-refractivity contribution >= 4 is 29.7 Å². The first kappa shape index (κ1) is 30.1. The number of H-pyrrole nitrogens is 1. The Morgan fingerprint density at radius 2 is 1.88 bits per heavy atom. The first-order valence-electron chi connectivity index (χ1n) is 13.1. The predicted molar refractivity (Wildman–Crippen MR) is 147 cm³/mol. The van der Waals surface area contributed by atoms with Crippen LogP contribution in [0.3, 0.4) is 0 Å². The normalized spacial score (nSPS) is 16.9. The molecule has 1 saturated heterocycles. The minimum absolute atomic E-state index is 0.0278. The second-order valence-electron chi connectivity index (χ2n) is 9.68. The maximum atomic E-state index is 13.3. The number of aliphatic imine (C=N–C) groups is 1. The van der Waals surface area contributed by atoms with Gasteiger partial charge in [0.1, 0.15) is 18.1 Å². The first-order chi connectivity index (χ1) is 19.2. The van der Waals surface area contributed by atoms with Crippen molar-refractivity contribution in [3.05, 3.63) is 54.1 Å². The van der Waals surface area contributed by atoms with Crippen LogP contribution in [0.15, 0.2) is 47.8 Å². The SMILES string of the molecule is NC(N)=NCCCC(NC(=O)C1CCCN1C(=O)C(N)Cc1ccccc1)C(=O)NC(Cc1cnc[nH]1)C(=O)O. The molecule has 14 heteroatoms. The zero-order valence-electron chi connectivity index (χ0n) is 22.2. The van der Waals surface area contributed by atoms with Gasteiger partial charge in [0.2, 0.25) is 17.7 Å². The van der Waals surface area contributed by atoms with Crippen LogP contribution in [-0.2, 0) is 32.0 Å². The van der Waals surface area contributed by atoms with E-state index in [2.05, 4.69) is 25.6 Å². The van der Waals surface area contributed by atoms with E-state index in [1.807, 2.05) is 30.3 Å². The molecule has 0 bridgehead atoms. The van der Waals surface area contributed by atoms with Crippen LogP contribution in [0.1, 0.15) is 36.9 Å². The zero-order valence-corrected chi connectivity index (χ0v) is 22.2. The molecule has 2 heterocycles. The lowest BCUT2D eigenvalue weighted by molar-refractivity contribution is -0.143. The summed E-state index contributed by atoms with van der Waals surface area (Å²) in [5, 5.41) is 14.9. The number of hydrogen-bond acceptors (Lipinski definition) is 7. The maximum absolute atomic E-state index is 13.3. The van der Waals surface area contributed by atoms with E-state index >= 15 is 0 Å². The number of rotatable bonds is 14. The summed E-state index contributed by atoms with van der Waals surface area (Å²) in [6.45, 7) is 0.576. The lowest BCUT2D eigenvalue weighted by Crippen LogP contribution is -2.57. The van der Waals surface area contributed by atoms with Gasteiger partial charge < -0.3 is 42.8 Å². The number of imidazole rings is 1. The molecule has 0 saturated carbocycles. The summed E-state index contributed by atoms with van der Waals surface area (Å²) in [5.74, 6) is -2.89. The third-order valence-corrected chi connectivity index (χ3v) is 6.63. The number of hydrogen-bond donors (Lipinski definition) is 7. The van der Waals surface area contributed by atoms with Crippen LogP contribution in [-0.4, -0.2) is 86.9 Å². The molecule has 3 amide bonds. The number of nitrogens with two attached hydrogens (primary N) is 3. The highest BCUT2D eigenvalue weighted by Crippen LogP contribution is 2.20. The predicted octanol–water partition coefficient (Wildman–Crippen LogP) is -1.38. The quantitative estimate of drug-likeness (QED) is 0.0825. The fourth-order valence-corrected chi connectivity index (χ4v) is 4.60. The number of carboxylic acids is 1. The lowest BCUT2D eigenvalue weighted by atomic mass is 10.0. The van der Waals surface area contributed by atoms with Crippen molar-refractivity contribution in [2.45, 2.75) is 62.7 Å². The van der Waals surface area contributed by atoms with Crippen LogP contribution < -0.4 is 27.8 Å². The molecule has 3 rings (SSSR count). The summed E-state index contributed by atoms with van der Waals surface area (Å²) in [6.07, 6.45) is 4.66. The average molecular weight is 556 g/mol. The van der Waals surface area contributed by atoms with Crippen molar-refractivity contribution in [1.29, 1.82) is 0 Å². The maximum Gasteiger partial charge on any atom is 0.326 e. The number of amides is 3. The number of carbonyl (C=O) groups excluding carboxylic acids is 3. The lowest BCUT2D eigenvalue weighted by Gasteiger charge is -2.28. The topological polar surface area (TPSA) is 235 Å². The highest BCUT2D eigenvalue weighted by molar-refractivity contribution is 5.94. The van der Waals surface area contributed by atoms with Crippen LogP contribution in [0.25, 0.3) is 0 Å². The van der Waals surface area contributed by atoms with Crippen molar-refractivity contribution in [2.75, 3.05) is 13.1 Å². The highest BCUT2D eigenvalue weighted by Gasteiger charge is 2.38. The summed E-state index contributed by atoms with van der Waals surface area (Å²) in [5.41, 5.74) is 18.4. The Bertz CT molecular complexity index is 1170. The molecular weight excluding hydrogens is 518 g/mol. The summed E-state index contributed by atoms with van der Waals surface area (Å²) in [6, 6.07) is 5.38. The molecular formula is C26H37N9O5. The van der Waals surface area contributed by atoms with Gasteiger partial charge in [0.15, 0.2) is 5.96 Å². The highest BCUT2D eigenvalue weighted by atomic mass is 16.4. The number of guanidine groups is 1. The molecule has 0 spiro atoms. The Morgan fingerprint density at radius 3 is 2.52 bits per heavy atom. The third-order valence-electron chi connectivity index (χ3n) is 6.63. The van der Waals surface area contributed by atoms with Crippen molar-refractivity contribution in [3.8, 4) is 0 Å². The molecule has 4 unspecified atom stereocenters. The Morgan fingerprint density at radius 1 is 1.12 bits per heavy atom. The molecule has 216 valence electrons. The molecule has 0 radical (unpaired) electrons. The average Bonchev–Trinajstić information content (AvgIpc) is 3.62. The molecule has 1 aliphatic rings. The molecule has 1 aliphatic heterocycles. The van der Waals surface area contributed by atoms with Crippen molar-refractivity contribution in [2.24, 2.45) is 22.2 Å². The van der Waals surface area contributed by atoms with Gasteiger partial charge in [-0.3, -0.25) is 19.4 Å². The minimum Gasteiger partial charge on any atom is -0.480 e. The van der Waals surface area contributed by atoms with E-state index < -0.39 is 42.0 Å². The van der Waals surface area contributed by atoms with E-state index in [9.17, 15) is 24.3 Å². The number of likely N-dealkylation sites (tertiary alicyclic amines) is 1. The van der Waals surface area contributed by atoms with Gasteiger partial charge in [-0.15, -0.1) is 0 Å². The van der Waals surface area contributed by atoms with Crippen LogP contribution >= 0.6 is 0 Å². The Hall–Kier alpha value is -4.46. The Kier molecular flexibility index (Phi) is 11.0. The number of aromatic nitrogens is 2. The Balaban J connectivity index is 1.68. The summed E-state index contributed by atoms with van der Waals surface area (Å²) >= 11 is 0. The van der Waals surface area contributed by atoms with E-state index in [1.54, 1.807) is 0 Å². The number of nitrogens with one attached hydrogen (secondary N) is 3. The van der Waals surface area contributed by atoms with Crippen LogP contribution in [0.2, 0.25) is 0 Å². The summed E-state index contributed by atoms with van der Waals surface area (Å²) in [4.78, 5) is 63.5. The zero-order chi connectivity index (χ0) is 29.1. The number of nitrogens with zero attached hydrogens (tertiary/aromatic N) is 3. The molecule has 2 aromatic rings.